The lowest BCUT2D eigenvalue weighted by molar-refractivity contribution is -0.789. The van der Waals surface area contributed by atoms with E-state index < -0.39 is 0 Å². The van der Waals surface area contributed by atoms with Gasteiger partial charge in [-0.25, -0.2) is 4.79 Å². The van der Waals surface area contributed by atoms with Gasteiger partial charge < -0.3 is 15.4 Å². The highest BCUT2D eigenvalue weighted by Gasteiger charge is 2.45. The molecule has 6 heteroatoms. The lowest BCUT2D eigenvalue weighted by Gasteiger charge is -2.38. The van der Waals surface area contributed by atoms with Gasteiger partial charge in [-0.3, -0.25) is 4.79 Å². The van der Waals surface area contributed by atoms with Gasteiger partial charge in [0.25, 0.3) is 5.91 Å². The van der Waals surface area contributed by atoms with E-state index in [1.54, 1.807) is 13.0 Å². The minimum absolute atomic E-state index is 0.0450. The Morgan fingerprint density at radius 1 is 1.25 bits per heavy atom. The van der Waals surface area contributed by atoms with E-state index in [4.69, 9.17) is 4.74 Å². The molecule has 0 spiro atoms. The predicted molar refractivity (Wildman–Crippen MR) is 112 cm³/mol. The molecule has 28 heavy (non-hydrogen) atoms. The fourth-order valence-corrected chi connectivity index (χ4v) is 5.45. The Morgan fingerprint density at radius 3 is 2.61 bits per heavy atom. The average Bonchev–Trinajstić information content (AvgIpc) is 2.92. The van der Waals surface area contributed by atoms with E-state index in [0.717, 1.165) is 22.4 Å². The number of benzene rings is 1. The second kappa shape index (κ2) is 7.33. The van der Waals surface area contributed by atoms with E-state index in [2.05, 4.69) is 38.3 Å². The van der Waals surface area contributed by atoms with Crippen LogP contribution in [0.3, 0.4) is 0 Å². The molecule has 150 valence electrons. The summed E-state index contributed by atoms with van der Waals surface area (Å²) in [5.74, 6) is -0.582. The maximum Gasteiger partial charge on any atom is 0.341 e. The topological polar surface area (TPSA) is 72.0 Å². The summed E-state index contributed by atoms with van der Waals surface area (Å²) in [6.07, 6.45) is 0.747. The first-order valence-electron chi connectivity index (χ1n) is 9.62. The summed E-state index contributed by atoms with van der Waals surface area (Å²) in [5.41, 5.74) is 2.87. The Morgan fingerprint density at radius 2 is 1.96 bits per heavy atom. The molecular formula is C22H29N2O3S+. The zero-order valence-corrected chi connectivity index (χ0v) is 18.3. The van der Waals surface area contributed by atoms with Crippen molar-refractivity contribution in [1.82, 2.24) is 0 Å². The summed E-state index contributed by atoms with van der Waals surface area (Å²) in [4.78, 5) is 26.8. The van der Waals surface area contributed by atoms with Gasteiger partial charge in [-0.05, 0) is 59.2 Å². The number of quaternary nitrogens is 1. The number of hydrogen-bond donors (Lipinski definition) is 2. The second-order valence-corrected chi connectivity index (χ2v) is 9.71. The van der Waals surface area contributed by atoms with E-state index >= 15 is 0 Å². The van der Waals surface area contributed by atoms with E-state index in [9.17, 15) is 9.59 Å². The Kier molecular flexibility index (Phi) is 5.38. The van der Waals surface area contributed by atoms with E-state index in [-0.39, 0.29) is 23.0 Å². The number of carbonyl (C=O) groups excluding carboxylic acids is 2. The molecule has 3 N–H and O–H groups in total. The third-order valence-electron chi connectivity index (χ3n) is 4.96. The van der Waals surface area contributed by atoms with Crippen molar-refractivity contribution in [2.24, 2.45) is 0 Å². The van der Waals surface area contributed by atoms with Crippen molar-refractivity contribution in [2.45, 2.75) is 59.0 Å². The highest BCUT2D eigenvalue weighted by Crippen LogP contribution is 2.42. The molecule has 0 aliphatic carbocycles. The predicted octanol–water partition coefficient (Wildman–Crippen LogP) is 3.62. The molecule has 1 aliphatic heterocycles. The number of amides is 1. The van der Waals surface area contributed by atoms with E-state index in [0.29, 0.717) is 22.7 Å². The Hall–Kier alpha value is -2.18. The molecule has 3 rings (SSSR count). The van der Waals surface area contributed by atoms with Crippen molar-refractivity contribution in [1.29, 1.82) is 0 Å². The molecule has 0 saturated carbocycles. The Balaban J connectivity index is 2.07. The zero-order chi connectivity index (χ0) is 20.7. The van der Waals surface area contributed by atoms with Crippen molar-refractivity contribution in [3.8, 4) is 0 Å². The molecule has 0 fully saturated rings. The highest BCUT2D eigenvalue weighted by molar-refractivity contribution is 7.17. The Bertz CT molecular complexity index is 928. The van der Waals surface area contributed by atoms with Crippen molar-refractivity contribution >= 4 is 28.2 Å². The number of fused-ring (bicyclic) bond motifs is 1. The van der Waals surface area contributed by atoms with Crippen LogP contribution < -0.4 is 10.6 Å². The largest absolute Gasteiger partial charge is 0.462 e. The van der Waals surface area contributed by atoms with Crippen LogP contribution in [-0.2, 0) is 16.7 Å². The molecule has 2 heterocycles. The highest BCUT2D eigenvalue weighted by atomic mass is 32.1. The second-order valence-electron chi connectivity index (χ2n) is 8.69. The summed E-state index contributed by atoms with van der Waals surface area (Å²) in [6, 6.07) is 7.43. The number of thiophene rings is 1. The first-order valence-corrected chi connectivity index (χ1v) is 10.4. The van der Waals surface area contributed by atoms with Crippen molar-refractivity contribution in [3.63, 3.8) is 0 Å². The van der Waals surface area contributed by atoms with Crippen LogP contribution >= 0.6 is 11.3 Å². The summed E-state index contributed by atoms with van der Waals surface area (Å²) in [5, 5.41) is 5.89. The monoisotopic (exact) mass is 401 g/mol. The van der Waals surface area contributed by atoms with Crippen LogP contribution in [0.2, 0.25) is 0 Å². The zero-order valence-electron chi connectivity index (χ0n) is 17.4. The molecule has 0 radical (unpaired) electrons. The summed E-state index contributed by atoms with van der Waals surface area (Å²) >= 11 is 1.49. The molecule has 2 aromatic rings. The van der Waals surface area contributed by atoms with Crippen LogP contribution in [-0.4, -0.2) is 24.0 Å². The first kappa shape index (κ1) is 20.6. The minimum Gasteiger partial charge on any atom is -0.462 e. The molecule has 0 atom stereocenters. The first-order chi connectivity index (χ1) is 13.0. The molecule has 0 unspecified atom stereocenters. The standard InChI is InChI=1S/C22H28N2O3S/c1-7-27-20(26)16-15-12-21(3,4)24-22(5,6)17(15)28-19(16)23-18(25)14-10-8-9-13(2)11-14/h8-11,24H,7,12H2,1-6H3,(H,23,25)/p+1. The fraction of sp³-hybridized carbons (Fsp3) is 0.455. The smallest absolute Gasteiger partial charge is 0.341 e. The number of esters is 1. The Labute approximate surface area is 170 Å². The maximum atomic E-state index is 12.8. The van der Waals surface area contributed by atoms with Gasteiger partial charge in [0.05, 0.1) is 22.6 Å². The van der Waals surface area contributed by atoms with Crippen LogP contribution in [0, 0.1) is 6.92 Å². The quantitative estimate of drug-likeness (QED) is 0.769. The van der Waals surface area contributed by atoms with Gasteiger partial charge in [0.1, 0.15) is 10.5 Å². The molecule has 1 aromatic heterocycles. The maximum absolute atomic E-state index is 12.8. The van der Waals surface area contributed by atoms with Crippen molar-refractivity contribution in [2.75, 3.05) is 11.9 Å². The lowest BCUT2D eigenvalue weighted by atomic mass is 9.81. The minimum atomic E-state index is -0.368. The molecule has 1 aliphatic rings. The van der Waals surface area contributed by atoms with Gasteiger partial charge in [0.2, 0.25) is 0 Å². The number of nitrogens with two attached hydrogens (primary N) is 1. The van der Waals surface area contributed by atoms with Crippen molar-refractivity contribution < 1.29 is 19.6 Å². The molecular weight excluding hydrogens is 372 g/mol. The van der Waals surface area contributed by atoms with Gasteiger partial charge in [-0.15, -0.1) is 11.3 Å². The third-order valence-corrected chi connectivity index (χ3v) is 6.45. The number of rotatable bonds is 4. The number of aryl methyl sites for hydroxylation is 1. The number of ether oxygens (including phenoxy) is 1. The molecule has 1 aromatic carbocycles. The van der Waals surface area contributed by atoms with Crippen molar-refractivity contribution in [3.05, 3.63) is 51.4 Å². The molecule has 0 saturated heterocycles. The van der Waals surface area contributed by atoms with E-state index in [1.165, 1.54) is 11.3 Å². The van der Waals surface area contributed by atoms with Crippen LogP contribution in [0.25, 0.3) is 0 Å². The molecule has 0 bridgehead atoms. The van der Waals surface area contributed by atoms with Crippen LogP contribution in [0.5, 0.6) is 0 Å². The van der Waals surface area contributed by atoms with Gasteiger partial charge >= 0.3 is 5.97 Å². The van der Waals surface area contributed by atoms with E-state index in [1.807, 2.05) is 25.1 Å². The van der Waals surface area contributed by atoms with Gasteiger partial charge in [-0.1, -0.05) is 17.7 Å². The average molecular weight is 402 g/mol. The SMILES string of the molecule is CCOC(=O)c1c(NC(=O)c2cccc(C)c2)sc2c1CC(C)(C)[NH2+]C2(C)C. The van der Waals surface area contributed by atoms with Crippen LogP contribution in [0.1, 0.15) is 71.3 Å². The summed E-state index contributed by atoms with van der Waals surface area (Å²) in [6.45, 7) is 12.7. The number of nitrogens with one attached hydrogen (secondary N) is 1. The lowest BCUT2D eigenvalue weighted by Crippen LogP contribution is -3.03. The normalized spacial score (nSPS) is 16.9. The third kappa shape index (κ3) is 3.98. The summed E-state index contributed by atoms with van der Waals surface area (Å²) < 4.78 is 5.34. The summed E-state index contributed by atoms with van der Waals surface area (Å²) in [7, 11) is 0. The van der Waals surface area contributed by atoms with Gasteiger partial charge in [0, 0.05) is 12.0 Å². The van der Waals surface area contributed by atoms with Crippen LogP contribution in [0.15, 0.2) is 24.3 Å². The van der Waals surface area contributed by atoms with Gasteiger partial charge in [0.15, 0.2) is 0 Å². The number of hydrogen-bond acceptors (Lipinski definition) is 4. The fourth-order valence-electron chi connectivity index (χ4n) is 4.17. The number of anilines is 1. The number of carbonyl (C=O) groups is 2. The molecule has 1 amide bonds. The van der Waals surface area contributed by atoms with Gasteiger partial charge in [-0.2, -0.15) is 0 Å². The van der Waals surface area contributed by atoms with Crippen LogP contribution in [0.4, 0.5) is 5.00 Å². The molecule has 5 nitrogen and oxygen atoms in total.